The molecule has 0 amide bonds. The standard InChI is InChI=1S/C13H17NO5S/c1-9-4-3-7-14(9)20(17,18)10-5-6-12(15)11(8-10)13(16)19-2/h5-6,8-9,15H,3-4,7H2,1-2H3. The lowest BCUT2D eigenvalue weighted by Gasteiger charge is -2.21. The Morgan fingerprint density at radius 2 is 2.15 bits per heavy atom. The Labute approximate surface area is 118 Å². The minimum absolute atomic E-state index is 0.00977. The van der Waals surface area contributed by atoms with Crippen LogP contribution in [0.5, 0.6) is 5.75 Å². The Morgan fingerprint density at radius 1 is 1.45 bits per heavy atom. The number of phenolic OH excluding ortho intramolecular Hbond substituents is 1. The average molecular weight is 299 g/mol. The first-order valence-corrected chi connectivity index (χ1v) is 7.75. The van der Waals surface area contributed by atoms with Crippen molar-refractivity contribution in [2.75, 3.05) is 13.7 Å². The second-order valence-corrected chi connectivity index (χ2v) is 6.67. The van der Waals surface area contributed by atoms with Gasteiger partial charge in [-0.25, -0.2) is 13.2 Å². The molecule has 0 radical (unpaired) electrons. The Bertz CT molecular complexity index is 626. The zero-order valence-corrected chi connectivity index (χ0v) is 12.2. The van der Waals surface area contributed by atoms with Crippen molar-refractivity contribution in [3.63, 3.8) is 0 Å². The molecule has 1 unspecified atom stereocenters. The van der Waals surface area contributed by atoms with Crippen LogP contribution in [0.25, 0.3) is 0 Å². The van der Waals surface area contributed by atoms with Gasteiger partial charge in [-0.05, 0) is 38.0 Å². The number of sulfonamides is 1. The predicted molar refractivity (Wildman–Crippen MR) is 72.0 cm³/mol. The van der Waals surface area contributed by atoms with E-state index >= 15 is 0 Å². The molecule has 1 N–H and O–H groups in total. The minimum atomic E-state index is -3.65. The van der Waals surface area contributed by atoms with Crippen molar-refractivity contribution in [3.8, 4) is 5.75 Å². The fourth-order valence-corrected chi connectivity index (χ4v) is 4.07. The van der Waals surface area contributed by atoms with Crippen molar-refractivity contribution in [1.82, 2.24) is 4.31 Å². The number of hydrogen-bond acceptors (Lipinski definition) is 5. The lowest BCUT2D eigenvalue weighted by atomic mass is 10.2. The zero-order chi connectivity index (χ0) is 14.9. The first-order valence-electron chi connectivity index (χ1n) is 6.31. The highest BCUT2D eigenvalue weighted by molar-refractivity contribution is 7.89. The molecule has 6 nitrogen and oxygen atoms in total. The van der Waals surface area contributed by atoms with Crippen LogP contribution in [-0.2, 0) is 14.8 Å². The second kappa shape index (κ2) is 5.41. The summed E-state index contributed by atoms with van der Waals surface area (Å²) < 4.78 is 31.0. The molecule has 1 aromatic carbocycles. The molecule has 1 aliphatic rings. The van der Waals surface area contributed by atoms with Crippen LogP contribution in [0, 0.1) is 0 Å². The highest BCUT2D eigenvalue weighted by Crippen LogP contribution is 2.28. The fraction of sp³-hybridized carbons (Fsp3) is 0.462. The third kappa shape index (κ3) is 2.51. The van der Waals surface area contributed by atoms with Gasteiger partial charge in [0.25, 0.3) is 0 Å². The number of methoxy groups -OCH3 is 1. The van der Waals surface area contributed by atoms with Gasteiger partial charge in [0, 0.05) is 12.6 Å². The van der Waals surface area contributed by atoms with Crippen LogP contribution in [0.15, 0.2) is 23.1 Å². The van der Waals surface area contributed by atoms with Crippen LogP contribution >= 0.6 is 0 Å². The molecule has 110 valence electrons. The quantitative estimate of drug-likeness (QED) is 0.852. The van der Waals surface area contributed by atoms with Crippen molar-refractivity contribution in [2.24, 2.45) is 0 Å². The third-order valence-electron chi connectivity index (χ3n) is 3.47. The molecule has 1 saturated heterocycles. The van der Waals surface area contributed by atoms with Crippen molar-refractivity contribution < 1.29 is 23.1 Å². The molecule has 1 aromatic rings. The summed E-state index contributed by atoms with van der Waals surface area (Å²) >= 11 is 0. The molecule has 1 heterocycles. The van der Waals surface area contributed by atoms with Crippen LogP contribution in [0.3, 0.4) is 0 Å². The van der Waals surface area contributed by atoms with E-state index in [2.05, 4.69) is 4.74 Å². The average Bonchev–Trinajstić information content (AvgIpc) is 2.85. The van der Waals surface area contributed by atoms with Gasteiger partial charge in [-0.2, -0.15) is 4.31 Å². The number of esters is 1. The van der Waals surface area contributed by atoms with Crippen LogP contribution in [0.4, 0.5) is 0 Å². The Kier molecular flexibility index (Phi) is 4.01. The van der Waals surface area contributed by atoms with E-state index in [1.165, 1.54) is 23.5 Å². The largest absolute Gasteiger partial charge is 0.507 e. The summed E-state index contributed by atoms with van der Waals surface area (Å²) in [5.74, 6) is -1.07. The van der Waals surface area contributed by atoms with Crippen LogP contribution in [0.1, 0.15) is 30.1 Å². The van der Waals surface area contributed by atoms with Crippen molar-refractivity contribution in [2.45, 2.75) is 30.7 Å². The van der Waals surface area contributed by atoms with Crippen LogP contribution < -0.4 is 0 Å². The van der Waals surface area contributed by atoms with E-state index in [0.717, 1.165) is 18.9 Å². The van der Waals surface area contributed by atoms with Gasteiger partial charge in [0.05, 0.1) is 12.0 Å². The van der Waals surface area contributed by atoms with E-state index in [-0.39, 0.29) is 22.3 Å². The van der Waals surface area contributed by atoms with Gasteiger partial charge in [0.1, 0.15) is 11.3 Å². The van der Waals surface area contributed by atoms with Crippen LogP contribution in [-0.4, -0.2) is 43.5 Å². The SMILES string of the molecule is COC(=O)c1cc(S(=O)(=O)N2CCCC2C)ccc1O. The summed E-state index contributed by atoms with van der Waals surface area (Å²) in [6.07, 6.45) is 1.64. The number of phenols is 1. The number of aromatic hydroxyl groups is 1. The number of benzene rings is 1. The predicted octanol–water partition coefficient (Wildman–Crippen LogP) is 1.35. The smallest absolute Gasteiger partial charge is 0.341 e. The molecule has 7 heteroatoms. The Balaban J connectivity index is 2.45. The van der Waals surface area contributed by atoms with Crippen molar-refractivity contribution in [3.05, 3.63) is 23.8 Å². The maximum absolute atomic E-state index is 12.5. The van der Waals surface area contributed by atoms with Crippen LogP contribution in [0.2, 0.25) is 0 Å². The van der Waals surface area contributed by atoms with Gasteiger partial charge >= 0.3 is 5.97 Å². The highest BCUT2D eigenvalue weighted by atomic mass is 32.2. The van der Waals surface area contributed by atoms with E-state index in [1.54, 1.807) is 0 Å². The number of nitrogens with zero attached hydrogens (tertiary/aromatic N) is 1. The van der Waals surface area contributed by atoms with Gasteiger partial charge < -0.3 is 9.84 Å². The second-order valence-electron chi connectivity index (χ2n) is 4.78. The summed E-state index contributed by atoms with van der Waals surface area (Å²) in [6, 6.07) is 3.58. The molecule has 0 spiro atoms. The number of carbonyl (C=O) groups is 1. The number of carbonyl (C=O) groups excluding carboxylic acids is 1. The van der Waals surface area contributed by atoms with Gasteiger partial charge in [-0.3, -0.25) is 0 Å². The molecule has 2 rings (SSSR count). The van der Waals surface area contributed by atoms with E-state index < -0.39 is 16.0 Å². The topological polar surface area (TPSA) is 83.9 Å². The van der Waals surface area contributed by atoms with E-state index in [0.29, 0.717) is 6.54 Å². The van der Waals surface area contributed by atoms with Crippen molar-refractivity contribution >= 4 is 16.0 Å². The molecule has 0 saturated carbocycles. The Morgan fingerprint density at radius 3 is 2.70 bits per heavy atom. The highest BCUT2D eigenvalue weighted by Gasteiger charge is 2.33. The maximum Gasteiger partial charge on any atom is 0.341 e. The molecule has 0 bridgehead atoms. The summed E-state index contributed by atoms with van der Waals surface area (Å²) in [4.78, 5) is 11.5. The fourth-order valence-electron chi connectivity index (χ4n) is 2.35. The van der Waals surface area contributed by atoms with Gasteiger partial charge in [0.2, 0.25) is 10.0 Å². The zero-order valence-electron chi connectivity index (χ0n) is 11.4. The lowest BCUT2D eigenvalue weighted by molar-refractivity contribution is 0.0597. The summed E-state index contributed by atoms with van der Waals surface area (Å²) in [6.45, 7) is 2.32. The van der Waals surface area contributed by atoms with Gasteiger partial charge in [-0.15, -0.1) is 0 Å². The molecular weight excluding hydrogens is 282 g/mol. The molecular formula is C13H17NO5S. The normalized spacial score (nSPS) is 20.0. The first-order chi connectivity index (χ1) is 9.37. The maximum atomic E-state index is 12.5. The molecule has 1 fully saturated rings. The molecule has 1 aliphatic heterocycles. The molecule has 20 heavy (non-hydrogen) atoms. The monoisotopic (exact) mass is 299 g/mol. The van der Waals surface area contributed by atoms with Crippen molar-refractivity contribution in [1.29, 1.82) is 0 Å². The van der Waals surface area contributed by atoms with Gasteiger partial charge in [-0.1, -0.05) is 0 Å². The third-order valence-corrected chi connectivity index (χ3v) is 5.48. The Hall–Kier alpha value is -1.60. The minimum Gasteiger partial charge on any atom is -0.507 e. The van der Waals surface area contributed by atoms with E-state index in [4.69, 9.17) is 0 Å². The molecule has 0 aliphatic carbocycles. The summed E-state index contributed by atoms with van der Waals surface area (Å²) in [5, 5.41) is 9.61. The summed E-state index contributed by atoms with van der Waals surface area (Å²) in [5.41, 5.74) is -0.152. The first kappa shape index (κ1) is 14.8. The molecule has 0 aromatic heterocycles. The number of hydrogen-bond donors (Lipinski definition) is 1. The molecule has 1 atom stereocenters. The lowest BCUT2D eigenvalue weighted by Crippen LogP contribution is -2.33. The van der Waals surface area contributed by atoms with E-state index in [1.807, 2.05) is 6.92 Å². The van der Waals surface area contributed by atoms with E-state index in [9.17, 15) is 18.3 Å². The summed E-state index contributed by atoms with van der Waals surface area (Å²) in [7, 11) is -2.48. The van der Waals surface area contributed by atoms with Gasteiger partial charge in [0.15, 0.2) is 0 Å². The number of rotatable bonds is 3. The number of ether oxygens (including phenoxy) is 1.